The molecule has 1 aliphatic rings. The van der Waals surface area contributed by atoms with Gasteiger partial charge in [0.25, 0.3) is 5.91 Å². The molecule has 1 amide bonds. The maximum Gasteiger partial charge on any atom is 0.419 e. The number of benzene rings is 1. The molecule has 132 valence electrons. The van der Waals surface area contributed by atoms with Crippen LogP contribution in [-0.2, 0) is 20.5 Å². The Labute approximate surface area is 135 Å². The molecule has 0 unspecified atom stereocenters. The zero-order chi connectivity index (χ0) is 17.9. The van der Waals surface area contributed by atoms with Crippen molar-refractivity contribution in [1.29, 1.82) is 0 Å². The van der Waals surface area contributed by atoms with Crippen LogP contribution in [0.3, 0.4) is 0 Å². The molecule has 1 aromatic rings. The van der Waals surface area contributed by atoms with Crippen LogP contribution in [0.4, 0.5) is 13.2 Å². The molecule has 1 heterocycles. The molecule has 1 aromatic carbocycles. The van der Waals surface area contributed by atoms with Crippen LogP contribution < -0.4 is 4.74 Å². The average Bonchev–Trinajstić information content (AvgIpc) is 2.53. The summed E-state index contributed by atoms with van der Waals surface area (Å²) in [6.45, 7) is 1.33. The number of aliphatic carboxylic acids is 1. The van der Waals surface area contributed by atoms with Gasteiger partial charge >= 0.3 is 12.1 Å². The van der Waals surface area contributed by atoms with E-state index in [0.29, 0.717) is 0 Å². The van der Waals surface area contributed by atoms with Crippen molar-refractivity contribution in [3.8, 4) is 5.75 Å². The average molecular weight is 347 g/mol. The van der Waals surface area contributed by atoms with Crippen molar-refractivity contribution in [3.05, 3.63) is 29.8 Å². The van der Waals surface area contributed by atoms with Gasteiger partial charge in [-0.1, -0.05) is 12.1 Å². The number of ether oxygens (including phenoxy) is 2. The zero-order valence-electron chi connectivity index (χ0n) is 12.7. The van der Waals surface area contributed by atoms with Gasteiger partial charge in [0.1, 0.15) is 5.75 Å². The predicted octanol–water partition coefficient (Wildman–Crippen LogP) is 1.78. The molecule has 2 rings (SSSR count). The lowest BCUT2D eigenvalue weighted by Gasteiger charge is -2.32. The van der Waals surface area contributed by atoms with Gasteiger partial charge in [0, 0.05) is 6.54 Å². The maximum atomic E-state index is 12.9. The topological polar surface area (TPSA) is 76.1 Å². The number of carbonyl (C=O) groups is 2. The van der Waals surface area contributed by atoms with Crippen molar-refractivity contribution in [2.45, 2.75) is 25.3 Å². The standard InChI is InChI=1S/C15H16F3NO5/c1-9(13(20)19-6-7-23-12(8-19)14(21)22)24-11-5-3-2-4-10(11)15(16,17)18/h2-5,9,12H,6-8H2,1H3,(H,21,22)/t9-,12-/m1/s1. The van der Waals surface area contributed by atoms with Crippen LogP contribution in [0, 0.1) is 0 Å². The summed E-state index contributed by atoms with van der Waals surface area (Å²) in [5, 5.41) is 8.92. The molecular weight excluding hydrogens is 331 g/mol. The number of carboxylic acid groups (broad SMARTS) is 1. The first-order chi connectivity index (χ1) is 11.2. The second-order valence-corrected chi connectivity index (χ2v) is 5.24. The van der Waals surface area contributed by atoms with Crippen molar-refractivity contribution in [2.24, 2.45) is 0 Å². The molecule has 1 fully saturated rings. The number of carboxylic acids is 1. The molecule has 2 atom stereocenters. The van der Waals surface area contributed by atoms with Gasteiger partial charge in [-0.05, 0) is 19.1 Å². The highest BCUT2D eigenvalue weighted by Gasteiger charge is 2.36. The highest BCUT2D eigenvalue weighted by molar-refractivity contribution is 5.82. The predicted molar refractivity (Wildman–Crippen MR) is 75.5 cm³/mol. The minimum atomic E-state index is -4.60. The summed E-state index contributed by atoms with van der Waals surface area (Å²) in [6.07, 6.45) is -6.95. The van der Waals surface area contributed by atoms with Gasteiger partial charge < -0.3 is 19.5 Å². The lowest BCUT2D eigenvalue weighted by molar-refractivity contribution is -0.161. The minimum absolute atomic E-state index is 0.0363. The number of nitrogens with zero attached hydrogens (tertiary/aromatic N) is 1. The van der Waals surface area contributed by atoms with Crippen molar-refractivity contribution in [3.63, 3.8) is 0 Å². The Balaban J connectivity index is 2.09. The molecule has 0 radical (unpaired) electrons. The quantitative estimate of drug-likeness (QED) is 0.899. The van der Waals surface area contributed by atoms with E-state index < -0.39 is 41.6 Å². The van der Waals surface area contributed by atoms with E-state index in [1.807, 2.05) is 0 Å². The van der Waals surface area contributed by atoms with E-state index in [1.54, 1.807) is 0 Å². The molecule has 0 bridgehead atoms. The molecule has 24 heavy (non-hydrogen) atoms. The van der Waals surface area contributed by atoms with E-state index in [-0.39, 0.29) is 19.7 Å². The molecular formula is C15H16F3NO5. The molecule has 1 N–H and O–H groups in total. The molecule has 1 aliphatic heterocycles. The number of alkyl halides is 3. The van der Waals surface area contributed by atoms with Crippen LogP contribution in [0.25, 0.3) is 0 Å². The third-order valence-electron chi connectivity index (χ3n) is 3.50. The first kappa shape index (κ1) is 18.1. The highest BCUT2D eigenvalue weighted by Crippen LogP contribution is 2.36. The maximum absolute atomic E-state index is 12.9. The number of rotatable bonds is 4. The van der Waals surface area contributed by atoms with Crippen LogP contribution in [0.2, 0.25) is 0 Å². The van der Waals surface area contributed by atoms with Gasteiger partial charge in [-0.15, -0.1) is 0 Å². The number of halogens is 3. The van der Waals surface area contributed by atoms with E-state index in [0.717, 1.165) is 12.1 Å². The summed E-state index contributed by atoms with van der Waals surface area (Å²) in [5.41, 5.74) is -0.977. The second-order valence-electron chi connectivity index (χ2n) is 5.24. The Kier molecular flexibility index (Phi) is 5.33. The largest absolute Gasteiger partial charge is 0.480 e. The third kappa shape index (κ3) is 4.16. The molecule has 0 spiro atoms. The normalized spacial score (nSPS) is 19.7. The van der Waals surface area contributed by atoms with Gasteiger partial charge in [-0.3, -0.25) is 4.79 Å². The van der Waals surface area contributed by atoms with E-state index in [1.165, 1.54) is 24.0 Å². The van der Waals surface area contributed by atoms with Crippen LogP contribution in [0.15, 0.2) is 24.3 Å². The van der Waals surface area contributed by atoms with Gasteiger partial charge in [0.15, 0.2) is 12.2 Å². The van der Waals surface area contributed by atoms with E-state index in [2.05, 4.69) is 0 Å². The van der Waals surface area contributed by atoms with Gasteiger partial charge in [-0.25, -0.2) is 4.79 Å². The van der Waals surface area contributed by atoms with Crippen molar-refractivity contribution < 1.29 is 37.3 Å². The third-order valence-corrected chi connectivity index (χ3v) is 3.50. The van der Waals surface area contributed by atoms with Crippen LogP contribution in [-0.4, -0.2) is 53.8 Å². The lowest BCUT2D eigenvalue weighted by Crippen LogP contribution is -2.51. The number of morpholine rings is 1. The van der Waals surface area contributed by atoms with Crippen molar-refractivity contribution in [2.75, 3.05) is 19.7 Å². The summed E-state index contributed by atoms with van der Waals surface area (Å²) in [7, 11) is 0. The molecule has 0 saturated carbocycles. The first-order valence-corrected chi connectivity index (χ1v) is 7.16. The fraction of sp³-hybridized carbons (Fsp3) is 0.467. The lowest BCUT2D eigenvalue weighted by atomic mass is 10.2. The Bertz CT molecular complexity index is 619. The molecule has 0 aromatic heterocycles. The van der Waals surface area contributed by atoms with Crippen LogP contribution >= 0.6 is 0 Å². The van der Waals surface area contributed by atoms with E-state index in [4.69, 9.17) is 14.6 Å². The monoisotopic (exact) mass is 347 g/mol. The molecule has 6 nitrogen and oxygen atoms in total. The Hall–Kier alpha value is -2.29. The summed E-state index contributed by atoms with van der Waals surface area (Å²) >= 11 is 0. The Morgan fingerprint density at radius 3 is 2.67 bits per heavy atom. The summed E-state index contributed by atoms with van der Waals surface area (Å²) < 4.78 is 49.0. The van der Waals surface area contributed by atoms with Crippen molar-refractivity contribution >= 4 is 11.9 Å². The Morgan fingerprint density at radius 1 is 1.38 bits per heavy atom. The summed E-state index contributed by atoms with van der Waals surface area (Å²) in [6, 6.07) is 4.59. The van der Waals surface area contributed by atoms with Crippen molar-refractivity contribution in [1.82, 2.24) is 4.90 Å². The fourth-order valence-electron chi connectivity index (χ4n) is 2.30. The first-order valence-electron chi connectivity index (χ1n) is 7.16. The SMILES string of the molecule is C[C@@H](Oc1ccccc1C(F)(F)F)C(=O)N1CCO[C@@H](C(=O)O)C1. The van der Waals surface area contributed by atoms with Gasteiger partial charge in [0.2, 0.25) is 0 Å². The summed E-state index contributed by atoms with van der Waals surface area (Å²) in [4.78, 5) is 24.4. The van der Waals surface area contributed by atoms with Crippen LogP contribution in [0.5, 0.6) is 5.75 Å². The number of hydrogen-bond acceptors (Lipinski definition) is 4. The van der Waals surface area contributed by atoms with Crippen LogP contribution in [0.1, 0.15) is 12.5 Å². The van der Waals surface area contributed by atoms with E-state index in [9.17, 15) is 22.8 Å². The fourth-order valence-corrected chi connectivity index (χ4v) is 2.30. The number of para-hydroxylation sites is 1. The smallest absolute Gasteiger partial charge is 0.419 e. The second kappa shape index (κ2) is 7.08. The summed E-state index contributed by atoms with van der Waals surface area (Å²) in [5.74, 6) is -2.25. The molecule has 1 saturated heterocycles. The van der Waals surface area contributed by atoms with Gasteiger partial charge in [-0.2, -0.15) is 13.2 Å². The number of amides is 1. The molecule has 0 aliphatic carbocycles. The highest BCUT2D eigenvalue weighted by atomic mass is 19.4. The van der Waals surface area contributed by atoms with E-state index >= 15 is 0 Å². The zero-order valence-corrected chi connectivity index (χ0v) is 12.7. The Morgan fingerprint density at radius 2 is 2.04 bits per heavy atom. The van der Waals surface area contributed by atoms with Gasteiger partial charge in [0.05, 0.1) is 18.7 Å². The minimum Gasteiger partial charge on any atom is -0.480 e. The number of hydrogen-bond donors (Lipinski definition) is 1. The molecule has 9 heteroatoms. The number of carbonyl (C=O) groups excluding carboxylic acids is 1.